The van der Waals surface area contributed by atoms with Crippen molar-refractivity contribution in [2.45, 2.75) is 19.3 Å². The normalized spacial score (nSPS) is 18.6. The van der Waals surface area contributed by atoms with Gasteiger partial charge in [-0.15, -0.1) is 0 Å². The molecule has 0 saturated heterocycles. The van der Waals surface area contributed by atoms with Gasteiger partial charge in [-0.05, 0) is 12.1 Å². The van der Waals surface area contributed by atoms with Crippen LogP contribution in [0.25, 0.3) is 0 Å². The number of benzene rings is 1. The molecule has 0 saturated carbocycles. The van der Waals surface area contributed by atoms with Gasteiger partial charge in [0.1, 0.15) is 5.75 Å². The number of ether oxygens (including phenoxy) is 1. The van der Waals surface area contributed by atoms with Gasteiger partial charge in [-0.1, -0.05) is 35.8 Å². The molecule has 0 aromatic heterocycles. The van der Waals surface area contributed by atoms with Gasteiger partial charge >= 0.3 is 0 Å². The topological polar surface area (TPSA) is 9.23 Å². The van der Waals surface area contributed by atoms with Gasteiger partial charge in [0.25, 0.3) is 0 Å². The second-order valence-corrected chi connectivity index (χ2v) is 4.73. The first-order chi connectivity index (χ1) is 5.59. The number of hydrogen-bond acceptors (Lipinski definition) is 1. The van der Waals surface area contributed by atoms with E-state index in [9.17, 15) is 0 Å². The molecule has 0 fully saturated rings. The molecule has 1 heterocycles. The third-order valence-corrected chi connectivity index (χ3v) is 2.75. The number of rotatable bonds is 0. The third-order valence-electron chi connectivity index (χ3n) is 2.26. The van der Waals surface area contributed by atoms with Crippen LogP contribution in [0.2, 0.25) is 0 Å². The summed E-state index contributed by atoms with van der Waals surface area (Å²) in [7, 11) is 0. The van der Waals surface area contributed by atoms with Crippen LogP contribution in [0.4, 0.5) is 0 Å². The Labute approximate surface area is 80.9 Å². The Morgan fingerprint density at radius 1 is 1.42 bits per heavy atom. The SMILES string of the molecule is CC1(C)COc2cc(Br)ccc21. The van der Waals surface area contributed by atoms with Crippen molar-refractivity contribution in [3.05, 3.63) is 28.2 Å². The maximum atomic E-state index is 5.56. The minimum Gasteiger partial charge on any atom is -0.492 e. The Kier molecular flexibility index (Phi) is 1.69. The molecule has 0 unspecified atom stereocenters. The van der Waals surface area contributed by atoms with Crippen molar-refractivity contribution in [3.8, 4) is 5.75 Å². The van der Waals surface area contributed by atoms with Gasteiger partial charge in [0.05, 0.1) is 6.61 Å². The zero-order valence-corrected chi connectivity index (χ0v) is 8.81. The standard InChI is InChI=1S/C10H11BrO/c1-10(2)6-12-9-5-7(11)3-4-8(9)10/h3-5H,6H2,1-2H3. The van der Waals surface area contributed by atoms with E-state index in [1.165, 1.54) is 5.56 Å². The van der Waals surface area contributed by atoms with Crippen molar-refractivity contribution in [1.29, 1.82) is 0 Å². The predicted octanol–water partition coefficient (Wildman–Crippen LogP) is 3.12. The Bertz CT molecular complexity index is 318. The van der Waals surface area contributed by atoms with Gasteiger partial charge in [0, 0.05) is 15.5 Å². The molecule has 0 radical (unpaired) electrons. The number of halogens is 1. The molecule has 2 rings (SSSR count). The Morgan fingerprint density at radius 2 is 2.17 bits per heavy atom. The molecule has 1 aromatic rings. The molecule has 1 nitrogen and oxygen atoms in total. The summed E-state index contributed by atoms with van der Waals surface area (Å²) in [5, 5.41) is 0. The van der Waals surface area contributed by atoms with E-state index in [4.69, 9.17) is 4.74 Å². The van der Waals surface area contributed by atoms with E-state index in [-0.39, 0.29) is 5.41 Å². The molecule has 64 valence electrons. The first-order valence-electron chi connectivity index (χ1n) is 4.02. The molecule has 0 spiro atoms. The van der Waals surface area contributed by atoms with Crippen molar-refractivity contribution >= 4 is 15.9 Å². The van der Waals surface area contributed by atoms with E-state index in [1.54, 1.807) is 0 Å². The Balaban J connectivity index is 2.55. The second-order valence-electron chi connectivity index (χ2n) is 3.81. The van der Waals surface area contributed by atoms with Crippen molar-refractivity contribution < 1.29 is 4.74 Å². The molecule has 0 atom stereocenters. The molecule has 1 aromatic carbocycles. The monoisotopic (exact) mass is 226 g/mol. The van der Waals surface area contributed by atoms with Gasteiger partial charge in [0.2, 0.25) is 0 Å². The lowest BCUT2D eigenvalue weighted by atomic mass is 9.87. The highest BCUT2D eigenvalue weighted by Gasteiger charge is 2.31. The van der Waals surface area contributed by atoms with Crippen LogP contribution >= 0.6 is 15.9 Å². The van der Waals surface area contributed by atoms with E-state index in [0.717, 1.165) is 16.8 Å². The van der Waals surface area contributed by atoms with Gasteiger partial charge in [0.15, 0.2) is 0 Å². The van der Waals surface area contributed by atoms with Crippen LogP contribution in [0.15, 0.2) is 22.7 Å². The third kappa shape index (κ3) is 1.14. The molecule has 0 amide bonds. The second kappa shape index (κ2) is 2.49. The Morgan fingerprint density at radius 3 is 2.92 bits per heavy atom. The van der Waals surface area contributed by atoms with Crippen LogP contribution in [0.3, 0.4) is 0 Å². The van der Waals surface area contributed by atoms with Crippen LogP contribution in [0.5, 0.6) is 5.75 Å². The fourth-order valence-corrected chi connectivity index (χ4v) is 1.85. The first-order valence-corrected chi connectivity index (χ1v) is 4.82. The maximum Gasteiger partial charge on any atom is 0.124 e. The van der Waals surface area contributed by atoms with E-state index >= 15 is 0 Å². The molecular formula is C10H11BrO. The van der Waals surface area contributed by atoms with Crippen molar-refractivity contribution in [2.24, 2.45) is 0 Å². The highest BCUT2D eigenvalue weighted by molar-refractivity contribution is 9.10. The smallest absolute Gasteiger partial charge is 0.124 e. The zero-order chi connectivity index (χ0) is 8.77. The summed E-state index contributed by atoms with van der Waals surface area (Å²) >= 11 is 3.42. The maximum absolute atomic E-state index is 5.56. The molecule has 12 heavy (non-hydrogen) atoms. The summed E-state index contributed by atoms with van der Waals surface area (Å²) in [6.07, 6.45) is 0. The molecule has 0 aliphatic carbocycles. The van der Waals surface area contributed by atoms with E-state index < -0.39 is 0 Å². The van der Waals surface area contributed by atoms with Crippen molar-refractivity contribution in [3.63, 3.8) is 0 Å². The summed E-state index contributed by atoms with van der Waals surface area (Å²) in [6.45, 7) is 5.19. The van der Waals surface area contributed by atoms with Gasteiger partial charge in [-0.3, -0.25) is 0 Å². The van der Waals surface area contributed by atoms with E-state index in [1.807, 2.05) is 6.07 Å². The van der Waals surface area contributed by atoms with Crippen molar-refractivity contribution in [2.75, 3.05) is 6.61 Å². The van der Waals surface area contributed by atoms with Crippen LogP contribution < -0.4 is 4.74 Å². The minimum atomic E-state index is 0.177. The van der Waals surface area contributed by atoms with Gasteiger partial charge < -0.3 is 4.74 Å². The largest absolute Gasteiger partial charge is 0.492 e. The molecule has 1 aliphatic rings. The van der Waals surface area contributed by atoms with Gasteiger partial charge in [-0.25, -0.2) is 0 Å². The van der Waals surface area contributed by atoms with E-state index in [0.29, 0.717) is 0 Å². The van der Waals surface area contributed by atoms with Crippen LogP contribution in [-0.4, -0.2) is 6.61 Å². The summed E-state index contributed by atoms with van der Waals surface area (Å²) in [5.74, 6) is 1.02. The molecule has 0 N–H and O–H groups in total. The van der Waals surface area contributed by atoms with Crippen LogP contribution in [0, 0.1) is 0 Å². The lowest BCUT2D eigenvalue weighted by Gasteiger charge is -2.14. The van der Waals surface area contributed by atoms with Crippen molar-refractivity contribution in [1.82, 2.24) is 0 Å². The van der Waals surface area contributed by atoms with Crippen LogP contribution in [-0.2, 0) is 5.41 Å². The van der Waals surface area contributed by atoms with Gasteiger partial charge in [-0.2, -0.15) is 0 Å². The lowest BCUT2D eigenvalue weighted by molar-refractivity contribution is 0.291. The molecular weight excluding hydrogens is 216 g/mol. The fraction of sp³-hybridized carbons (Fsp3) is 0.400. The fourth-order valence-electron chi connectivity index (χ4n) is 1.51. The number of hydrogen-bond donors (Lipinski definition) is 0. The lowest BCUT2D eigenvalue weighted by Crippen LogP contribution is -2.18. The molecule has 2 heteroatoms. The zero-order valence-electron chi connectivity index (χ0n) is 7.23. The quantitative estimate of drug-likeness (QED) is 0.661. The summed E-state index contributed by atoms with van der Waals surface area (Å²) in [4.78, 5) is 0. The summed E-state index contributed by atoms with van der Waals surface area (Å²) in [6, 6.07) is 6.23. The molecule has 0 bridgehead atoms. The summed E-state index contributed by atoms with van der Waals surface area (Å²) in [5.41, 5.74) is 1.49. The highest BCUT2D eigenvalue weighted by atomic mass is 79.9. The average molecular weight is 227 g/mol. The summed E-state index contributed by atoms with van der Waals surface area (Å²) < 4.78 is 6.65. The first kappa shape index (κ1) is 8.11. The predicted molar refractivity (Wildman–Crippen MR) is 52.7 cm³/mol. The van der Waals surface area contributed by atoms with Crippen LogP contribution in [0.1, 0.15) is 19.4 Å². The number of fused-ring (bicyclic) bond motifs is 1. The molecule has 1 aliphatic heterocycles. The average Bonchev–Trinajstić information content (AvgIpc) is 2.27. The minimum absolute atomic E-state index is 0.177. The highest BCUT2D eigenvalue weighted by Crippen LogP contribution is 2.39. The Hall–Kier alpha value is -0.500. The van der Waals surface area contributed by atoms with E-state index in [2.05, 4.69) is 41.9 Å².